The molecule has 0 N–H and O–H groups in total. The van der Waals surface area contributed by atoms with E-state index >= 15 is 0 Å². The lowest BCUT2D eigenvalue weighted by Crippen LogP contribution is -2.37. The molecule has 1 aliphatic rings. The van der Waals surface area contributed by atoms with E-state index in [1.165, 1.54) is 5.56 Å². The van der Waals surface area contributed by atoms with Crippen LogP contribution in [0.2, 0.25) is 0 Å². The van der Waals surface area contributed by atoms with Gasteiger partial charge >= 0.3 is 0 Å². The van der Waals surface area contributed by atoms with Crippen LogP contribution >= 0.6 is 0 Å². The van der Waals surface area contributed by atoms with Crippen molar-refractivity contribution in [2.24, 2.45) is 17.3 Å². The fraction of sp³-hybridized carbons (Fsp3) is 0.720. The summed E-state index contributed by atoms with van der Waals surface area (Å²) in [5, 5.41) is -0.394. The molecule has 28 heavy (non-hydrogen) atoms. The molecule has 158 valence electrons. The molecule has 0 aromatic heterocycles. The summed E-state index contributed by atoms with van der Waals surface area (Å²) in [6, 6.07) is 4.48. The third kappa shape index (κ3) is 4.45. The van der Waals surface area contributed by atoms with E-state index in [-0.39, 0.29) is 34.9 Å². The van der Waals surface area contributed by atoms with Crippen molar-refractivity contribution in [2.45, 2.75) is 104 Å². The first kappa shape index (κ1) is 23.3. The number of hydrogen-bond acceptors (Lipinski definition) is 2. The Morgan fingerprint density at radius 2 is 1.39 bits per heavy atom. The highest BCUT2D eigenvalue weighted by molar-refractivity contribution is 7.86. The van der Waals surface area contributed by atoms with Crippen molar-refractivity contribution in [3.05, 3.63) is 28.8 Å². The molecule has 1 aromatic carbocycles. The Bertz CT molecular complexity index is 723. The minimum atomic E-state index is -1.32. The van der Waals surface area contributed by atoms with Crippen LogP contribution in [0.4, 0.5) is 0 Å². The van der Waals surface area contributed by atoms with Gasteiger partial charge in [-0.2, -0.15) is 0 Å². The van der Waals surface area contributed by atoms with Gasteiger partial charge in [0.15, 0.2) is 0 Å². The molecule has 0 saturated heterocycles. The molecular weight excluding hydrogens is 364 g/mol. The molecule has 1 aromatic rings. The Labute approximate surface area is 175 Å². The lowest BCUT2D eigenvalue weighted by atomic mass is 9.75. The predicted octanol–water partition coefficient (Wildman–Crippen LogP) is 6.80. The molecule has 0 radical (unpaired) electrons. The molecule has 1 aliphatic carbocycles. The molecule has 0 unspecified atom stereocenters. The Kier molecular flexibility index (Phi) is 7.01. The van der Waals surface area contributed by atoms with Crippen molar-refractivity contribution in [3.8, 4) is 0 Å². The lowest BCUT2D eigenvalue weighted by molar-refractivity contribution is -0.117. The predicted molar refractivity (Wildman–Crippen MR) is 121 cm³/mol. The number of Topliss-reactive ketones (excluding diaryl/α,β-unsaturated/α-hetero) is 1. The van der Waals surface area contributed by atoms with Gasteiger partial charge in [0.25, 0.3) is 0 Å². The number of rotatable bonds is 5. The summed E-state index contributed by atoms with van der Waals surface area (Å²) < 4.78 is 14.1. The molecule has 0 spiro atoms. The van der Waals surface area contributed by atoms with Crippen LogP contribution in [-0.2, 0) is 15.6 Å². The minimum Gasteiger partial charge on any atom is -0.298 e. The van der Waals surface area contributed by atoms with E-state index in [0.717, 1.165) is 16.0 Å². The van der Waals surface area contributed by atoms with Crippen LogP contribution in [0.5, 0.6) is 0 Å². The van der Waals surface area contributed by atoms with Crippen molar-refractivity contribution in [1.82, 2.24) is 0 Å². The Morgan fingerprint density at radius 1 is 0.929 bits per heavy atom. The molecule has 0 amide bonds. The molecule has 3 heteroatoms. The molecule has 0 aliphatic heterocycles. The van der Waals surface area contributed by atoms with Crippen molar-refractivity contribution >= 4 is 16.6 Å². The fourth-order valence-electron chi connectivity index (χ4n) is 4.87. The number of carbonyl (C=O) groups excluding carboxylic acids is 1. The second kappa shape index (κ2) is 8.42. The molecule has 2 rings (SSSR count). The number of hydrogen-bond donors (Lipinski definition) is 0. The summed E-state index contributed by atoms with van der Waals surface area (Å²) in [5.74, 6) is 1.58. The normalized spacial score (nSPS) is 24.6. The first-order chi connectivity index (χ1) is 12.8. The fourth-order valence-corrected chi connectivity index (χ4v) is 7.45. The van der Waals surface area contributed by atoms with Crippen molar-refractivity contribution in [2.75, 3.05) is 0 Å². The first-order valence-corrected chi connectivity index (χ1v) is 12.1. The van der Waals surface area contributed by atoms with E-state index in [0.29, 0.717) is 12.3 Å². The Hall–Kier alpha value is -0.960. The first-order valence-electron chi connectivity index (χ1n) is 10.9. The number of carbonyl (C=O) groups is 1. The summed E-state index contributed by atoms with van der Waals surface area (Å²) in [6.45, 7) is 21.8. The highest BCUT2D eigenvalue weighted by Crippen LogP contribution is 2.46. The summed E-state index contributed by atoms with van der Waals surface area (Å²) in [4.78, 5) is 13.9. The largest absolute Gasteiger partial charge is 0.298 e. The highest BCUT2D eigenvalue weighted by Gasteiger charge is 2.49. The summed E-state index contributed by atoms with van der Waals surface area (Å²) >= 11 is 0. The van der Waals surface area contributed by atoms with Gasteiger partial charge in [-0.3, -0.25) is 9.00 Å². The summed E-state index contributed by atoms with van der Waals surface area (Å²) in [5.41, 5.74) is 3.58. The molecule has 2 nitrogen and oxygen atoms in total. The lowest BCUT2D eigenvalue weighted by Gasteiger charge is -2.35. The molecular formula is C25H40O2S. The summed E-state index contributed by atoms with van der Waals surface area (Å²) in [6.07, 6.45) is 0.552. The smallest absolute Gasteiger partial charge is 0.149 e. The van der Waals surface area contributed by atoms with Crippen LogP contribution in [-0.4, -0.2) is 15.2 Å². The van der Waals surface area contributed by atoms with Crippen molar-refractivity contribution in [3.63, 3.8) is 0 Å². The van der Waals surface area contributed by atoms with Crippen LogP contribution in [0.1, 0.15) is 110 Å². The van der Waals surface area contributed by atoms with E-state index in [1.807, 2.05) is 0 Å². The average molecular weight is 405 g/mol. The van der Waals surface area contributed by atoms with Crippen LogP contribution in [0.3, 0.4) is 0 Å². The molecule has 0 heterocycles. The maximum atomic E-state index is 14.1. The van der Waals surface area contributed by atoms with Gasteiger partial charge in [0, 0.05) is 11.3 Å². The second-order valence-corrected chi connectivity index (χ2v) is 12.3. The quantitative estimate of drug-likeness (QED) is 0.540. The van der Waals surface area contributed by atoms with E-state index in [2.05, 4.69) is 81.4 Å². The van der Waals surface area contributed by atoms with Gasteiger partial charge in [0.1, 0.15) is 11.0 Å². The minimum absolute atomic E-state index is 0.0419. The second-order valence-electron chi connectivity index (χ2n) is 10.8. The van der Waals surface area contributed by atoms with E-state index in [1.54, 1.807) is 0 Å². The van der Waals surface area contributed by atoms with Gasteiger partial charge in [-0.15, -0.1) is 0 Å². The average Bonchev–Trinajstić information content (AvgIpc) is 2.86. The maximum Gasteiger partial charge on any atom is 0.149 e. The van der Waals surface area contributed by atoms with Gasteiger partial charge in [0.2, 0.25) is 0 Å². The van der Waals surface area contributed by atoms with Crippen LogP contribution in [0, 0.1) is 17.3 Å². The van der Waals surface area contributed by atoms with Gasteiger partial charge in [0.05, 0.1) is 10.8 Å². The Morgan fingerprint density at radius 3 is 1.75 bits per heavy atom. The van der Waals surface area contributed by atoms with Gasteiger partial charge in [-0.1, -0.05) is 81.4 Å². The van der Waals surface area contributed by atoms with Gasteiger partial charge in [-0.25, -0.2) is 0 Å². The van der Waals surface area contributed by atoms with Crippen LogP contribution in [0.25, 0.3) is 0 Å². The zero-order valence-electron chi connectivity index (χ0n) is 19.6. The monoisotopic (exact) mass is 404 g/mol. The zero-order valence-corrected chi connectivity index (χ0v) is 20.4. The third-order valence-corrected chi connectivity index (χ3v) is 8.18. The SMILES string of the molecule is CC(C)c1cc(C(C)C)c([S@](=O)[C@H]2C(=O)C[C@@H](C)[C@@H]2C(C)(C)C)c(C(C)C)c1. The molecule has 0 bridgehead atoms. The van der Waals surface area contributed by atoms with Crippen molar-refractivity contribution < 1.29 is 9.00 Å². The van der Waals surface area contributed by atoms with E-state index < -0.39 is 16.0 Å². The standard InChI is InChI=1S/C25H40O2S/c1-14(2)18-12-19(15(3)4)23(20(13-18)16(5)6)28(27)24-21(26)11-17(7)22(24)25(8,9)10/h12-17,22,24H,11H2,1-10H3/t17-,22+,24+,28+/m1/s1. The maximum absolute atomic E-state index is 14.1. The van der Waals surface area contributed by atoms with Crippen LogP contribution in [0.15, 0.2) is 17.0 Å². The van der Waals surface area contributed by atoms with Crippen molar-refractivity contribution in [1.29, 1.82) is 0 Å². The summed E-state index contributed by atoms with van der Waals surface area (Å²) in [7, 11) is -1.32. The topological polar surface area (TPSA) is 34.1 Å². The van der Waals surface area contributed by atoms with E-state index in [4.69, 9.17) is 0 Å². The number of benzene rings is 1. The van der Waals surface area contributed by atoms with Gasteiger partial charge in [-0.05, 0) is 51.7 Å². The van der Waals surface area contributed by atoms with Crippen LogP contribution < -0.4 is 0 Å². The molecule has 4 atom stereocenters. The zero-order chi connectivity index (χ0) is 21.5. The third-order valence-electron chi connectivity index (χ3n) is 6.29. The Balaban J connectivity index is 2.71. The molecule has 1 saturated carbocycles. The molecule has 1 fully saturated rings. The van der Waals surface area contributed by atoms with Gasteiger partial charge < -0.3 is 0 Å². The van der Waals surface area contributed by atoms with E-state index in [9.17, 15) is 9.00 Å². The highest BCUT2D eigenvalue weighted by atomic mass is 32.2. The number of ketones is 1.